The Labute approximate surface area is 132 Å². The Morgan fingerprint density at radius 3 is 2.30 bits per heavy atom. The van der Waals surface area contributed by atoms with E-state index >= 15 is 0 Å². The van der Waals surface area contributed by atoms with Gasteiger partial charge < -0.3 is 5.73 Å². The number of hydrogen-bond acceptors (Lipinski definition) is 2. The normalized spacial score (nSPS) is 13.4. The maximum absolute atomic E-state index is 6.12. The van der Waals surface area contributed by atoms with E-state index in [-0.39, 0.29) is 0 Å². The zero-order chi connectivity index (χ0) is 15.1. The summed E-state index contributed by atoms with van der Waals surface area (Å²) in [6.45, 7) is 10.9. The van der Waals surface area contributed by atoms with Gasteiger partial charge in [0.05, 0.1) is 0 Å². The fourth-order valence-electron chi connectivity index (χ4n) is 2.89. The Hall–Kier alpha value is -0.380. The molecule has 0 bridgehead atoms. The third-order valence-electron chi connectivity index (χ3n) is 3.84. The fourth-order valence-corrected chi connectivity index (χ4v) is 3.30. The van der Waals surface area contributed by atoms with Crippen LogP contribution in [0.2, 0.25) is 0 Å². The van der Waals surface area contributed by atoms with Gasteiger partial charge in [-0.15, -0.1) is 0 Å². The molecule has 0 fully saturated rings. The summed E-state index contributed by atoms with van der Waals surface area (Å²) in [6.07, 6.45) is 2.35. The molecule has 1 rings (SSSR count). The summed E-state index contributed by atoms with van der Waals surface area (Å²) >= 11 is 3.57. The molecule has 1 aromatic carbocycles. The van der Waals surface area contributed by atoms with Crippen molar-refractivity contribution in [3.63, 3.8) is 0 Å². The average Bonchev–Trinajstić information content (AvgIpc) is 2.40. The highest BCUT2D eigenvalue weighted by atomic mass is 79.9. The van der Waals surface area contributed by atoms with Crippen LogP contribution in [0.25, 0.3) is 0 Å². The molecule has 0 saturated heterocycles. The van der Waals surface area contributed by atoms with E-state index in [9.17, 15) is 0 Å². The highest BCUT2D eigenvalue weighted by molar-refractivity contribution is 9.10. The quantitative estimate of drug-likeness (QED) is 0.749. The Morgan fingerprint density at radius 2 is 1.85 bits per heavy atom. The first-order valence-electron chi connectivity index (χ1n) is 7.74. The van der Waals surface area contributed by atoms with Crippen molar-refractivity contribution in [2.45, 2.75) is 52.6 Å². The highest BCUT2D eigenvalue weighted by Gasteiger charge is 2.25. The van der Waals surface area contributed by atoms with Crippen molar-refractivity contribution in [1.82, 2.24) is 4.90 Å². The van der Waals surface area contributed by atoms with Crippen LogP contribution in [0.15, 0.2) is 28.7 Å². The van der Waals surface area contributed by atoms with Crippen LogP contribution < -0.4 is 5.73 Å². The minimum absolute atomic E-state index is 0.305. The maximum Gasteiger partial charge on any atom is 0.0473 e. The van der Waals surface area contributed by atoms with Crippen LogP contribution in [0.3, 0.4) is 0 Å². The van der Waals surface area contributed by atoms with E-state index in [2.05, 4.69) is 72.8 Å². The molecular formula is C17H29BrN2. The van der Waals surface area contributed by atoms with E-state index < -0.39 is 0 Å². The summed E-state index contributed by atoms with van der Waals surface area (Å²) < 4.78 is 1.13. The van der Waals surface area contributed by atoms with E-state index in [4.69, 9.17) is 5.73 Å². The van der Waals surface area contributed by atoms with Crippen molar-refractivity contribution < 1.29 is 0 Å². The molecule has 0 amide bonds. The highest BCUT2D eigenvalue weighted by Crippen LogP contribution is 2.27. The number of benzene rings is 1. The van der Waals surface area contributed by atoms with Crippen LogP contribution in [0.1, 0.15) is 52.1 Å². The molecule has 0 aliphatic rings. The van der Waals surface area contributed by atoms with Gasteiger partial charge in [0.1, 0.15) is 0 Å². The Bertz CT molecular complexity index is 388. The van der Waals surface area contributed by atoms with Gasteiger partial charge in [-0.1, -0.05) is 55.8 Å². The lowest BCUT2D eigenvalue weighted by Crippen LogP contribution is -2.43. The number of nitrogens with two attached hydrogens (primary N) is 1. The second kappa shape index (κ2) is 8.81. The Morgan fingerprint density at radius 1 is 1.20 bits per heavy atom. The van der Waals surface area contributed by atoms with Crippen LogP contribution in [-0.2, 0) is 0 Å². The van der Waals surface area contributed by atoms with Crippen molar-refractivity contribution in [3.8, 4) is 0 Å². The number of halogens is 1. The molecule has 2 nitrogen and oxygen atoms in total. The van der Waals surface area contributed by atoms with E-state index in [0.29, 0.717) is 24.5 Å². The van der Waals surface area contributed by atoms with Crippen LogP contribution >= 0.6 is 15.9 Å². The van der Waals surface area contributed by atoms with Crippen LogP contribution in [-0.4, -0.2) is 24.0 Å². The summed E-state index contributed by atoms with van der Waals surface area (Å²) in [5.41, 5.74) is 7.44. The zero-order valence-corrected chi connectivity index (χ0v) is 14.9. The maximum atomic E-state index is 6.12. The first kappa shape index (κ1) is 17.7. The lowest BCUT2D eigenvalue weighted by atomic mass is 9.99. The second-order valence-corrected chi connectivity index (χ2v) is 6.78. The van der Waals surface area contributed by atoms with E-state index in [1.165, 1.54) is 18.4 Å². The summed E-state index contributed by atoms with van der Waals surface area (Å²) in [6, 6.07) is 9.47. The summed E-state index contributed by atoms with van der Waals surface area (Å²) in [5, 5.41) is 0. The standard InChI is InChI=1S/C17H29BrN2/c1-5-16(6-2)20(12-13(3)4)17(11-19)14-8-7-9-15(18)10-14/h7-10,13,16-17H,5-6,11-12,19H2,1-4H3. The third-order valence-corrected chi connectivity index (χ3v) is 4.34. The van der Waals surface area contributed by atoms with Gasteiger partial charge in [-0.2, -0.15) is 0 Å². The predicted molar refractivity (Wildman–Crippen MR) is 91.9 cm³/mol. The Balaban J connectivity index is 3.06. The van der Waals surface area contributed by atoms with Crippen molar-refractivity contribution in [2.75, 3.05) is 13.1 Å². The lowest BCUT2D eigenvalue weighted by molar-refractivity contribution is 0.112. The monoisotopic (exact) mass is 340 g/mol. The smallest absolute Gasteiger partial charge is 0.0473 e. The number of nitrogens with zero attached hydrogens (tertiary/aromatic N) is 1. The molecular weight excluding hydrogens is 312 g/mol. The third kappa shape index (κ3) is 4.87. The summed E-state index contributed by atoms with van der Waals surface area (Å²) in [5.74, 6) is 0.650. The molecule has 20 heavy (non-hydrogen) atoms. The molecule has 1 atom stereocenters. The molecule has 1 aromatic rings. The molecule has 0 aromatic heterocycles. The molecule has 0 spiro atoms. The first-order valence-corrected chi connectivity index (χ1v) is 8.53. The second-order valence-electron chi connectivity index (χ2n) is 5.87. The van der Waals surface area contributed by atoms with Gasteiger partial charge in [0.25, 0.3) is 0 Å². The average molecular weight is 341 g/mol. The van der Waals surface area contributed by atoms with Crippen LogP contribution in [0, 0.1) is 5.92 Å². The minimum atomic E-state index is 0.305. The predicted octanol–water partition coefficient (Wildman–Crippen LogP) is 4.60. The van der Waals surface area contributed by atoms with Crippen LogP contribution in [0.5, 0.6) is 0 Å². The van der Waals surface area contributed by atoms with Gasteiger partial charge in [-0.25, -0.2) is 0 Å². The van der Waals surface area contributed by atoms with Gasteiger partial charge >= 0.3 is 0 Å². The van der Waals surface area contributed by atoms with Gasteiger partial charge in [0.2, 0.25) is 0 Å². The zero-order valence-electron chi connectivity index (χ0n) is 13.3. The van der Waals surface area contributed by atoms with Crippen molar-refractivity contribution in [2.24, 2.45) is 11.7 Å². The molecule has 1 unspecified atom stereocenters. The van der Waals surface area contributed by atoms with Crippen molar-refractivity contribution in [3.05, 3.63) is 34.3 Å². The van der Waals surface area contributed by atoms with Crippen molar-refractivity contribution >= 4 is 15.9 Å². The molecule has 0 aliphatic heterocycles. The fraction of sp³-hybridized carbons (Fsp3) is 0.647. The van der Waals surface area contributed by atoms with Gasteiger partial charge in [0, 0.05) is 29.6 Å². The lowest BCUT2D eigenvalue weighted by Gasteiger charge is -2.38. The van der Waals surface area contributed by atoms with E-state index in [1.807, 2.05) is 0 Å². The molecule has 3 heteroatoms. The summed E-state index contributed by atoms with van der Waals surface area (Å²) in [4.78, 5) is 2.60. The molecule has 0 radical (unpaired) electrons. The molecule has 2 N–H and O–H groups in total. The Kier molecular flexibility index (Phi) is 7.78. The minimum Gasteiger partial charge on any atom is -0.329 e. The first-order chi connectivity index (χ1) is 9.53. The molecule has 0 heterocycles. The SMILES string of the molecule is CCC(CC)N(CC(C)C)C(CN)c1cccc(Br)c1. The van der Waals surface area contributed by atoms with E-state index in [0.717, 1.165) is 11.0 Å². The summed E-state index contributed by atoms with van der Waals surface area (Å²) in [7, 11) is 0. The van der Waals surface area contributed by atoms with Crippen molar-refractivity contribution in [1.29, 1.82) is 0 Å². The molecule has 114 valence electrons. The topological polar surface area (TPSA) is 29.3 Å². The van der Waals surface area contributed by atoms with Gasteiger partial charge in [0.15, 0.2) is 0 Å². The molecule has 0 aliphatic carbocycles. The van der Waals surface area contributed by atoms with Gasteiger partial charge in [-0.3, -0.25) is 4.90 Å². The molecule has 0 saturated carbocycles. The number of hydrogen-bond donors (Lipinski definition) is 1. The number of rotatable bonds is 8. The van der Waals surface area contributed by atoms with Crippen LogP contribution in [0.4, 0.5) is 0 Å². The van der Waals surface area contributed by atoms with Gasteiger partial charge in [-0.05, 0) is 36.5 Å². The largest absolute Gasteiger partial charge is 0.329 e. The van der Waals surface area contributed by atoms with E-state index in [1.54, 1.807) is 0 Å².